The molecule has 3 aromatic rings. The third-order valence-corrected chi connectivity index (χ3v) is 5.24. The maximum atomic E-state index is 13.1. The molecule has 0 bridgehead atoms. The molecule has 0 saturated carbocycles. The molecule has 0 aliphatic carbocycles. The number of hydrogen-bond donors (Lipinski definition) is 0. The largest absolute Gasteiger partial charge is 0.406 e. The number of alkyl halides is 3. The van der Waals surface area contributed by atoms with Crippen molar-refractivity contribution in [3.05, 3.63) is 35.2 Å². The molecule has 1 saturated heterocycles. The number of hydrogen-bond acceptors (Lipinski definition) is 4. The van der Waals surface area contributed by atoms with Crippen molar-refractivity contribution in [1.29, 1.82) is 0 Å². The lowest BCUT2D eigenvalue weighted by Crippen LogP contribution is -2.47. The molecule has 0 unspecified atom stereocenters. The average Bonchev–Trinajstić information content (AvgIpc) is 2.95. The number of aromatic nitrogens is 3. The standard InChI is InChI=1S/C18H17ClF3N5O/c1-25-4-6-26(7-5-25)17(28)11-2-3-13-12(8-11)14-15(16(19)24-10-23-14)27(13)9-18(20,21)22/h2-3,8,10H,4-7,9H2,1H3. The molecule has 1 amide bonds. The van der Waals surface area contributed by atoms with Crippen molar-refractivity contribution < 1.29 is 18.0 Å². The predicted molar refractivity (Wildman–Crippen MR) is 99.5 cm³/mol. The van der Waals surface area contributed by atoms with Crippen molar-refractivity contribution in [2.45, 2.75) is 12.7 Å². The fourth-order valence-corrected chi connectivity index (χ4v) is 3.78. The maximum absolute atomic E-state index is 13.1. The van der Waals surface area contributed by atoms with E-state index in [0.29, 0.717) is 35.1 Å². The van der Waals surface area contributed by atoms with Gasteiger partial charge >= 0.3 is 6.18 Å². The maximum Gasteiger partial charge on any atom is 0.406 e. The van der Waals surface area contributed by atoms with Crippen molar-refractivity contribution in [2.75, 3.05) is 33.2 Å². The van der Waals surface area contributed by atoms with Crippen molar-refractivity contribution in [1.82, 2.24) is 24.3 Å². The van der Waals surface area contributed by atoms with Crippen LogP contribution in [0.25, 0.3) is 21.9 Å². The first kappa shape index (κ1) is 18.9. The van der Waals surface area contributed by atoms with E-state index in [-0.39, 0.29) is 16.6 Å². The van der Waals surface area contributed by atoms with E-state index in [4.69, 9.17) is 11.6 Å². The number of carbonyl (C=O) groups excluding carboxylic acids is 1. The number of piperazine rings is 1. The fourth-order valence-electron chi connectivity index (χ4n) is 3.54. The molecule has 6 nitrogen and oxygen atoms in total. The number of fused-ring (bicyclic) bond motifs is 3. The van der Waals surface area contributed by atoms with Gasteiger partial charge in [0.1, 0.15) is 23.9 Å². The summed E-state index contributed by atoms with van der Waals surface area (Å²) in [5, 5.41) is 0.390. The third-order valence-electron chi connectivity index (χ3n) is 4.96. The van der Waals surface area contributed by atoms with Gasteiger partial charge in [-0.05, 0) is 25.2 Å². The van der Waals surface area contributed by atoms with Gasteiger partial charge in [-0.2, -0.15) is 13.2 Å². The molecule has 0 N–H and O–H groups in total. The molecule has 148 valence electrons. The zero-order valence-corrected chi connectivity index (χ0v) is 15.8. The van der Waals surface area contributed by atoms with Gasteiger partial charge in [-0.3, -0.25) is 4.79 Å². The van der Waals surface area contributed by atoms with Crippen molar-refractivity contribution in [2.24, 2.45) is 0 Å². The van der Waals surface area contributed by atoms with Gasteiger partial charge in [0.05, 0.1) is 5.52 Å². The Balaban J connectivity index is 1.83. The van der Waals surface area contributed by atoms with Gasteiger partial charge in [0, 0.05) is 37.1 Å². The molecule has 10 heteroatoms. The third kappa shape index (κ3) is 3.40. The summed E-state index contributed by atoms with van der Waals surface area (Å²) >= 11 is 6.08. The quantitative estimate of drug-likeness (QED) is 0.608. The Labute approximate surface area is 163 Å². The Bertz CT molecular complexity index is 1060. The summed E-state index contributed by atoms with van der Waals surface area (Å²) < 4.78 is 40.4. The van der Waals surface area contributed by atoms with Crippen LogP contribution in [0.1, 0.15) is 10.4 Å². The van der Waals surface area contributed by atoms with Crippen molar-refractivity contribution in [3.8, 4) is 0 Å². The summed E-state index contributed by atoms with van der Waals surface area (Å²) in [5.74, 6) is -0.146. The zero-order valence-electron chi connectivity index (χ0n) is 15.0. The highest BCUT2D eigenvalue weighted by Gasteiger charge is 2.31. The van der Waals surface area contributed by atoms with Gasteiger partial charge in [-0.25, -0.2) is 9.97 Å². The van der Waals surface area contributed by atoms with Crippen molar-refractivity contribution >= 4 is 39.4 Å². The molecule has 4 rings (SSSR count). The summed E-state index contributed by atoms with van der Waals surface area (Å²) in [7, 11) is 1.99. The number of halogens is 4. The van der Waals surface area contributed by atoms with E-state index in [9.17, 15) is 18.0 Å². The SMILES string of the molecule is CN1CCN(C(=O)c2ccc3c(c2)c2ncnc(Cl)c2n3CC(F)(F)F)CC1. The predicted octanol–water partition coefficient (Wildman–Crippen LogP) is 3.19. The molecule has 1 fully saturated rings. The van der Waals surface area contributed by atoms with Crippen LogP contribution >= 0.6 is 11.6 Å². The minimum Gasteiger partial charge on any atom is -0.336 e. The van der Waals surface area contributed by atoms with Crippen LogP contribution in [-0.4, -0.2) is 69.6 Å². The minimum atomic E-state index is -4.44. The Morgan fingerprint density at radius 2 is 1.89 bits per heavy atom. The first-order valence-electron chi connectivity index (χ1n) is 8.71. The van der Waals surface area contributed by atoms with E-state index in [0.717, 1.165) is 17.7 Å². The molecular formula is C18H17ClF3N5O. The Morgan fingerprint density at radius 3 is 2.57 bits per heavy atom. The van der Waals surface area contributed by atoms with Gasteiger partial charge in [0.25, 0.3) is 5.91 Å². The lowest BCUT2D eigenvalue weighted by molar-refractivity contribution is -0.139. The van der Waals surface area contributed by atoms with E-state index in [2.05, 4.69) is 14.9 Å². The van der Waals surface area contributed by atoms with Crippen molar-refractivity contribution in [3.63, 3.8) is 0 Å². The molecule has 1 aliphatic rings. The lowest BCUT2D eigenvalue weighted by atomic mass is 10.1. The van der Waals surface area contributed by atoms with Crippen LogP contribution in [0.2, 0.25) is 5.15 Å². The van der Waals surface area contributed by atoms with Gasteiger partial charge in [-0.15, -0.1) is 0 Å². The molecule has 2 aromatic heterocycles. The Kier molecular flexibility index (Phi) is 4.67. The molecular weight excluding hydrogens is 395 g/mol. The number of amides is 1. The number of likely N-dealkylation sites (N-methyl/N-ethyl adjacent to an activating group) is 1. The summed E-state index contributed by atoms with van der Waals surface area (Å²) in [6.07, 6.45) is -3.23. The normalized spacial score (nSPS) is 16.2. The van der Waals surface area contributed by atoms with Crippen LogP contribution in [0.5, 0.6) is 0 Å². The monoisotopic (exact) mass is 411 g/mol. The molecule has 28 heavy (non-hydrogen) atoms. The van der Waals surface area contributed by atoms with Gasteiger partial charge in [-0.1, -0.05) is 11.6 Å². The van der Waals surface area contributed by atoms with Crippen LogP contribution in [0.3, 0.4) is 0 Å². The topological polar surface area (TPSA) is 54.3 Å². The Hall–Kier alpha value is -2.39. The number of nitrogens with zero attached hydrogens (tertiary/aromatic N) is 5. The number of benzene rings is 1. The smallest absolute Gasteiger partial charge is 0.336 e. The highest BCUT2D eigenvalue weighted by molar-refractivity contribution is 6.34. The van der Waals surface area contributed by atoms with Crippen LogP contribution in [0, 0.1) is 0 Å². The molecule has 3 heterocycles. The van der Waals surface area contributed by atoms with E-state index < -0.39 is 12.7 Å². The van der Waals surface area contributed by atoms with Gasteiger partial charge in [0.2, 0.25) is 0 Å². The molecule has 0 atom stereocenters. The van der Waals surface area contributed by atoms with E-state index >= 15 is 0 Å². The first-order chi connectivity index (χ1) is 13.2. The molecule has 0 radical (unpaired) electrons. The summed E-state index contributed by atoms with van der Waals surface area (Å²) in [5.41, 5.74) is 1.13. The second kappa shape index (κ2) is 6.89. The highest BCUT2D eigenvalue weighted by atomic mass is 35.5. The lowest BCUT2D eigenvalue weighted by Gasteiger charge is -2.32. The van der Waals surface area contributed by atoms with E-state index in [1.165, 1.54) is 12.4 Å². The molecule has 0 spiro atoms. The second-order valence-corrected chi connectivity index (χ2v) is 7.25. The number of rotatable bonds is 2. The van der Waals surface area contributed by atoms with Crippen LogP contribution in [-0.2, 0) is 6.54 Å². The Morgan fingerprint density at radius 1 is 1.18 bits per heavy atom. The van der Waals surface area contributed by atoms with E-state index in [1.807, 2.05) is 7.05 Å². The average molecular weight is 412 g/mol. The van der Waals surface area contributed by atoms with Crippen LogP contribution in [0.15, 0.2) is 24.5 Å². The van der Waals surface area contributed by atoms with Crippen LogP contribution < -0.4 is 0 Å². The van der Waals surface area contributed by atoms with Gasteiger partial charge in [0.15, 0.2) is 5.15 Å². The molecule has 1 aromatic carbocycles. The fraction of sp³-hybridized carbons (Fsp3) is 0.389. The first-order valence-corrected chi connectivity index (χ1v) is 9.09. The van der Waals surface area contributed by atoms with Gasteiger partial charge < -0.3 is 14.4 Å². The highest BCUT2D eigenvalue weighted by Crippen LogP contribution is 2.34. The second-order valence-electron chi connectivity index (χ2n) is 6.89. The summed E-state index contributed by atoms with van der Waals surface area (Å²) in [4.78, 5) is 24.7. The minimum absolute atomic E-state index is 0.0580. The zero-order chi connectivity index (χ0) is 20.1. The van der Waals surface area contributed by atoms with Crippen LogP contribution in [0.4, 0.5) is 13.2 Å². The summed E-state index contributed by atoms with van der Waals surface area (Å²) in [6, 6.07) is 4.66. The van der Waals surface area contributed by atoms with E-state index in [1.54, 1.807) is 17.0 Å². The molecule has 1 aliphatic heterocycles. The number of carbonyl (C=O) groups is 1. The summed E-state index contributed by atoms with van der Waals surface area (Å²) in [6.45, 7) is 1.56.